The second kappa shape index (κ2) is 9.86. The van der Waals surface area contributed by atoms with Crippen LogP contribution in [0.5, 0.6) is 5.75 Å². The number of halogens is 2. The van der Waals surface area contributed by atoms with Crippen molar-refractivity contribution in [1.82, 2.24) is 10.6 Å². The average Bonchev–Trinajstić information content (AvgIpc) is 2.52. The van der Waals surface area contributed by atoms with E-state index in [4.69, 9.17) is 4.74 Å². The van der Waals surface area contributed by atoms with Crippen molar-refractivity contribution in [2.45, 2.75) is 44.7 Å². The van der Waals surface area contributed by atoms with Crippen LogP contribution in [0.3, 0.4) is 0 Å². The summed E-state index contributed by atoms with van der Waals surface area (Å²) in [7, 11) is 3.22. The van der Waals surface area contributed by atoms with Gasteiger partial charge in [-0.25, -0.2) is 4.39 Å². The van der Waals surface area contributed by atoms with Crippen LogP contribution >= 0.6 is 24.0 Å². The van der Waals surface area contributed by atoms with Gasteiger partial charge in [0.25, 0.3) is 0 Å². The minimum Gasteiger partial charge on any atom is -0.494 e. The fourth-order valence-electron chi connectivity index (χ4n) is 2.64. The first kappa shape index (κ1) is 19.0. The maximum Gasteiger partial charge on any atom is 0.191 e. The lowest BCUT2D eigenvalue weighted by Gasteiger charge is -2.24. The number of benzene rings is 1. The molecular weight excluding hydrogens is 396 g/mol. The van der Waals surface area contributed by atoms with E-state index < -0.39 is 0 Å². The summed E-state index contributed by atoms with van der Waals surface area (Å²) in [6.07, 6.45) is 6.27. The Bertz CT molecular complexity index is 490. The number of hydrogen-bond donors (Lipinski definition) is 2. The van der Waals surface area contributed by atoms with Gasteiger partial charge in [0.15, 0.2) is 17.5 Å². The molecule has 1 saturated carbocycles. The van der Waals surface area contributed by atoms with E-state index in [1.54, 1.807) is 13.1 Å². The van der Waals surface area contributed by atoms with Gasteiger partial charge in [0.2, 0.25) is 0 Å². The van der Waals surface area contributed by atoms with Gasteiger partial charge in [-0.05, 0) is 30.5 Å². The van der Waals surface area contributed by atoms with Gasteiger partial charge in [-0.3, -0.25) is 4.99 Å². The zero-order valence-electron chi connectivity index (χ0n) is 13.2. The highest BCUT2D eigenvalue weighted by molar-refractivity contribution is 14.0. The molecule has 6 heteroatoms. The van der Waals surface area contributed by atoms with Crippen molar-refractivity contribution in [2.24, 2.45) is 4.99 Å². The van der Waals surface area contributed by atoms with Crippen LogP contribution in [0.2, 0.25) is 0 Å². The van der Waals surface area contributed by atoms with Crippen molar-refractivity contribution in [3.8, 4) is 5.75 Å². The van der Waals surface area contributed by atoms with Crippen LogP contribution in [0.4, 0.5) is 4.39 Å². The molecule has 0 spiro atoms. The number of ether oxygens (including phenoxy) is 1. The molecule has 1 aliphatic rings. The molecule has 2 N–H and O–H groups in total. The number of aliphatic imine (C=N–C) groups is 1. The zero-order valence-corrected chi connectivity index (χ0v) is 15.5. The maximum atomic E-state index is 13.6. The third-order valence-electron chi connectivity index (χ3n) is 3.85. The SMILES string of the molecule is CN=C(NCc1ccc(OC)c(F)c1)NC1CCCCC1.I. The van der Waals surface area contributed by atoms with Crippen molar-refractivity contribution in [3.63, 3.8) is 0 Å². The van der Waals surface area contributed by atoms with Crippen LogP contribution in [-0.4, -0.2) is 26.2 Å². The number of methoxy groups -OCH3 is 1. The molecule has 0 amide bonds. The number of hydrogen-bond acceptors (Lipinski definition) is 2. The molecule has 0 heterocycles. The van der Waals surface area contributed by atoms with Crippen LogP contribution in [0.1, 0.15) is 37.7 Å². The summed E-state index contributed by atoms with van der Waals surface area (Å²) in [5, 5.41) is 6.66. The standard InChI is InChI=1S/C16H24FN3O.HI/c1-18-16(20-13-6-4-3-5-7-13)19-11-12-8-9-15(21-2)14(17)10-12;/h8-10,13H,3-7,11H2,1-2H3,(H2,18,19,20);1H. The zero-order chi connectivity index (χ0) is 15.1. The maximum absolute atomic E-state index is 13.6. The Hall–Kier alpha value is -1.05. The Morgan fingerprint density at radius 3 is 2.64 bits per heavy atom. The molecular formula is C16H25FIN3O. The van der Waals surface area contributed by atoms with Gasteiger partial charge in [0.05, 0.1) is 7.11 Å². The number of nitrogens with zero attached hydrogens (tertiary/aromatic N) is 1. The first-order valence-electron chi connectivity index (χ1n) is 7.52. The normalized spacial score (nSPS) is 15.9. The van der Waals surface area contributed by atoms with Crippen LogP contribution in [-0.2, 0) is 6.54 Å². The summed E-state index contributed by atoms with van der Waals surface area (Å²) in [5.74, 6) is 0.702. The molecule has 1 fully saturated rings. The highest BCUT2D eigenvalue weighted by atomic mass is 127. The van der Waals surface area contributed by atoms with Gasteiger partial charge in [-0.1, -0.05) is 25.3 Å². The van der Waals surface area contributed by atoms with Gasteiger partial charge in [0.1, 0.15) is 0 Å². The van der Waals surface area contributed by atoms with Crippen LogP contribution in [0.25, 0.3) is 0 Å². The van der Waals surface area contributed by atoms with E-state index in [1.807, 2.05) is 6.07 Å². The lowest BCUT2D eigenvalue weighted by Crippen LogP contribution is -2.43. The van der Waals surface area contributed by atoms with Crippen molar-refractivity contribution in [3.05, 3.63) is 29.6 Å². The Morgan fingerprint density at radius 1 is 1.32 bits per heavy atom. The molecule has 124 valence electrons. The summed E-state index contributed by atoms with van der Waals surface area (Å²) in [6.45, 7) is 0.535. The predicted molar refractivity (Wildman–Crippen MR) is 98.6 cm³/mol. The molecule has 2 rings (SSSR count). The molecule has 0 atom stereocenters. The first-order chi connectivity index (χ1) is 10.2. The fraction of sp³-hybridized carbons (Fsp3) is 0.562. The third kappa shape index (κ3) is 5.62. The quantitative estimate of drug-likeness (QED) is 0.445. The average molecular weight is 421 g/mol. The molecule has 0 saturated heterocycles. The molecule has 0 aliphatic heterocycles. The highest BCUT2D eigenvalue weighted by Crippen LogP contribution is 2.18. The summed E-state index contributed by atoms with van der Waals surface area (Å²) in [4.78, 5) is 4.23. The summed E-state index contributed by atoms with van der Waals surface area (Å²) in [6, 6.07) is 5.48. The Kier molecular flexibility index (Phi) is 8.52. The molecule has 1 aromatic rings. The van der Waals surface area contributed by atoms with Crippen LogP contribution in [0.15, 0.2) is 23.2 Å². The molecule has 0 bridgehead atoms. The monoisotopic (exact) mass is 421 g/mol. The van der Waals surface area contributed by atoms with Gasteiger partial charge >= 0.3 is 0 Å². The van der Waals surface area contributed by atoms with Crippen LogP contribution in [0, 0.1) is 5.82 Å². The molecule has 0 aromatic heterocycles. The number of guanidine groups is 1. The highest BCUT2D eigenvalue weighted by Gasteiger charge is 2.14. The van der Waals surface area contributed by atoms with Gasteiger partial charge < -0.3 is 15.4 Å². The Morgan fingerprint density at radius 2 is 2.05 bits per heavy atom. The molecule has 1 aliphatic carbocycles. The summed E-state index contributed by atoms with van der Waals surface area (Å²) < 4.78 is 18.5. The number of rotatable bonds is 4. The minimum absolute atomic E-state index is 0. The second-order valence-corrected chi connectivity index (χ2v) is 5.37. The second-order valence-electron chi connectivity index (χ2n) is 5.37. The molecule has 0 unspecified atom stereocenters. The largest absolute Gasteiger partial charge is 0.494 e. The smallest absolute Gasteiger partial charge is 0.191 e. The van der Waals surface area contributed by atoms with E-state index in [0.29, 0.717) is 12.6 Å². The van der Waals surface area contributed by atoms with E-state index in [9.17, 15) is 4.39 Å². The van der Waals surface area contributed by atoms with Gasteiger partial charge in [0, 0.05) is 19.6 Å². The molecule has 4 nitrogen and oxygen atoms in total. The van der Waals surface area contributed by atoms with E-state index in [-0.39, 0.29) is 35.5 Å². The first-order valence-corrected chi connectivity index (χ1v) is 7.52. The van der Waals surface area contributed by atoms with E-state index >= 15 is 0 Å². The summed E-state index contributed by atoms with van der Waals surface area (Å²) >= 11 is 0. The molecule has 1 aromatic carbocycles. The van der Waals surface area contributed by atoms with Gasteiger partial charge in [-0.2, -0.15) is 0 Å². The van der Waals surface area contributed by atoms with E-state index in [0.717, 1.165) is 11.5 Å². The van der Waals surface area contributed by atoms with Crippen LogP contribution < -0.4 is 15.4 Å². The van der Waals surface area contributed by atoms with Crippen molar-refractivity contribution >= 4 is 29.9 Å². The Labute approximate surface area is 148 Å². The van der Waals surface area contributed by atoms with Crippen molar-refractivity contribution < 1.29 is 9.13 Å². The Balaban J connectivity index is 0.00000242. The molecule has 0 radical (unpaired) electrons. The third-order valence-corrected chi connectivity index (χ3v) is 3.85. The lowest BCUT2D eigenvalue weighted by molar-refractivity contribution is 0.386. The topological polar surface area (TPSA) is 45.7 Å². The van der Waals surface area contributed by atoms with E-state index in [2.05, 4.69) is 15.6 Å². The van der Waals surface area contributed by atoms with Crippen molar-refractivity contribution in [1.29, 1.82) is 0 Å². The van der Waals surface area contributed by atoms with Gasteiger partial charge in [-0.15, -0.1) is 24.0 Å². The van der Waals surface area contributed by atoms with Crippen molar-refractivity contribution in [2.75, 3.05) is 14.2 Å². The number of nitrogens with one attached hydrogen (secondary N) is 2. The fourth-order valence-corrected chi connectivity index (χ4v) is 2.64. The summed E-state index contributed by atoms with van der Waals surface area (Å²) in [5.41, 5.74) is 0.861. The van der Waals surface area contributed by atoms with E-state index in [1.165, 1.54) is 45.3 Å². The molecule has 22 heavy (non-hydrogen) atoms. The lowest BCUT2D eigenvalue weighted by atomic mass is 9.96. The predicted octanol–water partition coefficient (Wildman–Crippen LogP) is 3.45. The minimum atomic E-state index is -0.341.